The molecule has 1 aliphatic heterocycles. The molecule has 0 radical (unpaired) electrons. The molecule has 0 amide bonds. The minimum atomic E-state index is 0.408. The number of fused-ring (bicyclic) bond motifs is 1. The second-order valence-corrected chi connectivity index (χ2v) is 5.69. The van der Waals surface area contributed by atoms with Gasteiger partial charge in [-0.2, -0.15) is 9.97 Å². The highest BCUT2D eigenvalue weighted by molar-refractivity contribution is 9.10. The van der Waals surface area contributed by atoms with Crippen molar-refractivity contribution < 1.29 is 4.74 Å². The molecule has 0 aliphatic carbocycles. The van der Waals surface area contributed by atoms with Gasteiger partial charge in [-0.3, -0.25) is 0 Å². The first kappa shape index (κ1) is 14.3. The number of anilines is 2. The zero-order valence-electron chi connectivity index (χ0n) is 11.8. The summed E-state index contributed by atoms with van der Waals surface area (Å²) in [6.07, 6.45) is 1.80. The van der Waals surface area contributed by atoms with Crippen LogP contribution in [0.5, 0.6) is 6.01 Å². The van der Waals surface area contributed by atoms with Gasteiger partial charge in [-0.1, -0.05) is 12.1 Å². The molecule has 5 nitrogen and oxygen atoms in total. The summed E-state index contributed by atoms with van der Waals surface area (Å²) in [5, 5.41) is 6.79. The van der Waals surface area contributed by atoms with Crippen molar-refractivity contribution in [2.24, 2.45) is 0 Å². The molecule has 6 heteroatoms. The fraction of sp³-hybridized carbons (Fsp3) is 0.333. The van der Waals surface area contributed by atoms with Crippen LogP contribution < -0.4 is 15.4 Å². The summed E-state index contributed by atoms with van der Waals surface area (Å²) in [7, 11) is 1.60. The highest BCUT2D eigenvalue weighted by Gasteiger charge is 2.17. The number of para-hydroxylation sites is 1. The SMILES string of the molecule is COc1nc2c(c(Nc3ccccc3Br)n1)CCNCC2. The van der Waals surface area contributed by atoms with Crippen LogP contribution >= 0.6 is 15.9 Å². The van der Waals surface area contributed by atoms with Crippen LogP contribution in [0.15, 0.2) is 28.7 Å². The highest BCUT2D eigenvalue weighted by atomic mass is 79.9. The predicted octanol–water partition coefficient (Wildman–Crippen LogP) is 2.68. The third-order valence-electron chi connectivity index (χ3n) is 3.47. The summed E-state index contributed by atoms with van der Waals surface area (Å²) >= 11 is 3.55. The number of ether oxygens (including phenoxy) is 1. The van der Waals surface area contributed by atoms with Crippen LogP contribution in [0.4, 0.5) is 11.5 Å². The maximum absolute atomic E-state index is 5.24. The predicted molar refractivity (Wildman–Crippen MR) is 86.3 cm³/mol. The van der Waals surface area contributed by atoms with Crippen LogP contribution in [-0.4, -0.2) is 30.2 Å². The van der Waals surface area contributed by atoms with Gasteiger partial charge in [-0.05, 0) is 41.0 Å². The number of hydrogen-bond donors (Lipinski definition) is 2. The van der Waals surface area contributed by atoms with Gasteiger partial charge in [0, 0.05) is 23.0 Å². The Balaban J connectivity index is 2.02. The van der Waals surface area contributed by atoms with Gasteiger partial charge in [0.2, 0.25) is 0 Å². The number of nitrogens with zero attached hydrogens (tertiary/aromatic N) is 2. The van der Waals surface area contributed by atoms with Crippen molar-refractivity contribution in [3.8, 4) is 6.01 Å². The van der Waals surface area contributed by atoms with Gasteiger partial charge >= 0.3 is 6.01 Å². The normalized spacial score (nSPS) is 14.2. The Morgan fingerprint density at radius 2 is 2.00 bits per heavy atom. The van der Waals surface area contributed by atoms with Crippen molar-refractivity contribution in [1.82, 2.24) is 15.3 Å². The topological polar surface area (TPSA) is 59.1 Å². The molecule has 1 aromatic carbocycles. The Bertz CT molecular complexity index is 648. The van der Waals surface area contributed by atoms with E-state index in [0.29, 0.717) is 6.01 Å². The first-order valence-corrected chi connectivity index (χ1v) is 7.73. The molecule has 0 saturated carbocycles. The molecule has 2 heterocycles. The van der Waals surface area contributed by atoms with Crippen LogP contribution in [0.1, 0.15) is 11.3 Å². The third kappa shape index (κ3) is 3.16. The highest BCUT2D eigenvalue weighted by Crippen LogP contribution is 2.29. The van der Waals surface area contributed by atoms with Crippen LogP contribution in [0.25, 0.3) is 0 Å². The third-order valence-corrected chi connectivity index (χ3v) is 4.16. The maximum Gasteiger partial charge on any atom is 0.318 e. The van der Waals surface area contributed by atoms with Gasteiger partial charge in [0.05, 0.1) is 18.5 Å². The number of hydrogen-bond acceptors (Lipinski definition) is 5. The Hall–Kier alpha value is -1.66. The largest absolute Gasteiger partial charge is 0.467 e. The van der Waals surface area contributed by atoms with Crippen molar-refractivity contribution in [3.63, 3.8) is 0 Å². The van der Waals surface area contributed by atoms with E-state index in [1.807, 2.05) is 24.3 Å². The molecule has 0 spiro atoms. The van der Waals surface area contributed by atoms with Gasteiger partial charge in [-0.15, -0.1) is 0 Å². The van der Waals surface area contributed by atoms with E-state index in [0.717, 1.165) is 53.2 Å². The van der Waals surface area contributed by atoms with E-state index in [1.165, 1.54) is 0 Å². The van der Waals surface area contributed by atoms with E-state index in [1.54, 1.807) is 7.11 Å². The molecule has 110 valence electrons. The Morgan fingerprint density at radius 1 is 1.19 bits per heavy atom. The summed E-state index contributed by atoms with van der Waals surface area (Å²) in [4.78, 5) is 8.98. The van der Waals surface area contributed by atoms with Gasteiger partial charge in [0.25, 0.3) is 0 Å². The summed E-state index contributed by atoms with van der Waals surface area (Å²) in [6.45, 7) is 1.87. The summed E-state index contributed by atoms with van der Waals surface area (Å²) in [5.41, 5.74) is 3.20. The van der Waals surface area contributed by atoms with E-state index in [-0.39, 0.29) is 0 Å². The molecule has 0 saturated heterocycles. The lowest BCUT2D eigenvalue weighted by molar-refractivity contribution is 0.378. The standard InChI is InChI=1S/C15H17BrN4O/c1-21-15-19-12-7-9-17-8-6-10(12)14(20-15)18-13-5-3-2-4-11(13)16/h2-5,17H,6-9H2,1H3,(H,18,19,20). The van der Waals surface area contributed by atoms with E-state index in [2.05, 4.69) is 36.5 Å². The number of rotatable bonds is 3. The fourth-order valence-corrected chi connectivity index (χ4v) is 2.79. The molecular formula is C15H17BrN4O. The second kappa shape index (κ2) is 6.41. The average molecular weight is 349 g/mol. The van der Waals surface area contributed by atoms with Crippen molar-refractivity contribution in [1.29, 1.82) is 0 Å². The summed E-state index contributed by atoms with van der Waals surface area (Å²) in [5.74, 6) is 0.826. The first-order chi connectivity index (χ1) is 10.3. The number of methoxy groups -OCH3 is 1. The van der Waals surface area contributed by atoms with Crippen LogP contribution in [0, 0.1) is 0 Å². The Kier molecular flexibility index (Phi) is 4.36. The number of benzene rings is 1. The van der Waals surface area contributed by atoms with E-state index in [9.17, 15) is 0 Å². The zero-order valence-corrected chi connectivity index (χ0v) is 13.4. The van der Waals surface area contributed by atoms with Crippen molar-refractivity contribution in [2.45, 2.75) is 12.8 Å². The molecule has 2 aromatic rings. The van der Waals surface area contributed by atoms with Crippen LogP contribution in [-0.2, 0) is 12.8 Å². The van der Waals surface area contributed by atoms with E-state index >= 15 is 0 Å². The average Bonchev–Trinajstić information content (AvgIpc) is 2.74. The minimum absolute atomic E-state index is 0.408. The molecule has 1 aliphatic rings. The lowest BCUT2D eigenvalue weighted by Crippen LogP contribution is -2.16. The quantitative estimate of drug-likeness (QED) is 0.892. The molecule has 0 unspecified atom stereocenters. The monoisotopic (exact) mass is 348 g/mol. The van der Waals surface area contributed by atoms with Gasteiger partial charge in [0.1, 0.15) is 5.82 Å². The van der Waals surface area contributed by atoms with Gasteiger partial charge in [0.15, 0.2) is 0 Å². The molecular weight excluding hydrogens is 332 g/mol. The maximum atomic E-state index is 5.24. The van der Waals surface area contributed by atoms with Gasteiger partial charge in [-0.25, -0.2) is 0 Å². The number of aromatic nitrogens is 2. The van der Waals surface area contributed by atoms with Crippen LogP contribution in [0.2, 0.25) is 0 Å². The summed E-state index contributed by atoms with van der Waals surface area (Å²) in [6, 6.07) is 8.40. The zero-order chi connectivity index (χ0) is 14.7. The molecule has 2 N–H and O–H groups in total. The number of nitrogens with one attached hydrogen (secondary N) is 2. The first-order valence-electron chi connectivity index (χ1n) is 6.94. The summed E-state index contributed by atoms with van der Waals surface area (Å²) < 4.78 is 6.24. The van der Waals surface area contributed by atoms with E-state index < -0.39 is 0 Å². The lowest BCUT2D eigenvalue weighted by Gasteiger charge is -2.14. The lowest BCUT2D eigenvalue weighted by atomic mass is 10.1. The Morgan fingerprint density at radius 3 is 2.81 bits per heavy atom. The van der Waals surface area contributed by atoms with Gasteiger partial charge < -0.3 is 15.4 Å². The molecule has 0 bridgehead atoms. The molecule has 21 heavy (non-hydrogen) atoms. The minimum Gasteiger partial charge on any atom is -0.467 e. The Labute approximate surface area is 132 Å². The second-order valence-electron chi connectivity index (χ2n) is 4.84. The number of halogens is 1. The van der Waals surface area contributed by atoms with Crippen LogP contribution in [0.3, 0.4) is 0 Å². The fourth-order valence-electron chi connectivity index (χ4n) is 2.41. The smallest absolute Gasteiger partial charge is 0.318 e. The molecule has 0 fully saturated rings. The van der Waals surface area contributed by atoms with Crippen molar-refractivity contribution in [2.75, 3.05) is 25.5 Å². The molecule has 1 aromatic heterocycles. The van der Waals surface area contributed by atoms with Crippen molar-refractivity contribution in [3.05, 3.63) is 40.0 Å². The van der Waals surface area contributed by atoms with Crippen molar-refractivity contribution >= 4 is 27.4 Å². The molecule has 3 rings (SSSR count). The van der Waals surface area contributed by atoms with E-state index in [4.69, 9.17) is 4.74 Å². The molecule has 0 atom stereocenters.